The van der Waals surface area contributed by atoms with Gasteiger partial charge >= 0.3 is 21.7 Å². The Morgan fingerprint density at radius 3 is 1.04 bits per heavy atom. The molecule has 0 aliphatic rings. The average molecular weight is 372 g/mol. The molecule has 9 heteroatoms. The first-order chi connectivity index (χ1) is 10.3. The Morgan fingerprint density at radius 2 is 0.913 bits per heavy atom. The van der Waals surface area contributed by atoms with Crippen LogP contribution in [0, 0.1) is 0 Å². The normalized spacial score (nSPS) is 8.87. The van der Waals surface area contributed by atoms with Crippen molar-refractivity contribution in [2.45, 2.75) is 39.9 Å². The molecule has 0 aromatic heterocycles. The zero-order valence-electron chi connectivity index (χ0n) is 14.7. The maximum atomic E-state index is 9.63. The fourth-order valence-corrected chi connectivity index (χ4v) is 0.494. The summed E-state index contributed by atoms with van der Waals surface area (Å²) < 4.78 is 0. The van der Waals surface area contributed by atoms with Gasteiger partial charge in [-0.3, -0.25) is 0 Å². The first kappa shape index (κ1) is 34.7. The third-order valence-corrected chi connectivity index (χ3v) is 1.02. The molecule has 0 rings (SSSR count). The molecule has 0 atom stereocenters. The molecule has 0 aromatic carbocycles. The molecule has 0 fully saturated rings. The summed E-state index contributed by atoms with van der Waals surface area (Å²) in [5, 5.41) is 61.8. The summed E-state index contributed by atoms with van der Waals surface area (Å²) >= 11 is 0. The van der Waals surface area contributed by atoms with Gasteiger partial charge in [-0.25, -0.2) is 0 Å². The summed E-state index contributed by atoms with van der Waals surface area (Å²) in [4.78, 5) is 0. The van der Waals surface area contributed by atoms with Crippen molar-refractivity contribution in [1.82, 2.24) is 0 Å². The molecule has 0 saturated heterocycles. The molecule has 8 nitrogen and oxygen atoms in total. The van der Waals surface area contributed by atoms with Crippen molar-refractivity contribution in [3.05, 3.63) is 10.6 Å². The fraction of sp³-hybridized carbons (Fsp3) is 1.00. The molecule has 0 aliphatic heterocycles. The Hall–Kier alpha value is 0.394. The number of aliphatic hydroxyl groups is 2. The van der Waals surface area contributed by atoms with Crippen molar-refractivity contribution >= 4 is 0 Å². The smallest absolute Gasteiger partial charge is 0.856 e. The zero-order valence-corrected chi connectivity index (χ0v) is 16.3. The van der Waals surface area contributed by atoms with Gasteiger partial charge in [-0.2, -0.15) is 26.3 Å². The van der Waals surface area contributed by atoms with Crippen molar-refractivity contribution in [2.75, 3.05) is 52.6 Å². The van der Waals surface area contributed by atoms with Crippen LogP contribution in [0.1, 0.15) is 27.7 Å². The second-order valence-corrected chi connectivity index (χ2v) is 4.29. The van der Waals surface area contributed by atoms with Crippen molar-refractivity contribution in [3.8, 4) is 0 Å². The average Bonchev–Trinajstić information content (AvgIpc) is 2.39. The summed E-state index contributed by atoms with van der Waals surface area (Å²) in [6.07, 6.45) is -0.833. The van der Waals surface area contributed by atoms with Crippen LogP contribution in [0.3, 0.4) is 0 Å². The molecule has 0 unspecified atom stereocenters. The maximum absolute atomic E-state index is 9.63. The molecule has 0 heterocycles. The number of aliphatic hydroxyl groups excluding tert-OH is 2. The van der Waals surface area contributed by atoms with E-state index in [1.807, 2.05) is 0 Å². The third kappa shape index (κ3) is 132. The summed E-state index contributed by atoms with van der Waals surface area (Å²) in [7, 11) is 0. The van der Waals surface area contributed by atoms with Crippen LogP contribution in [0.2, 0.25) is 0 Å². The standard InChI is InChI=1S/2C4H9NO2.2C3H7O.Ti/c2*6-3-1-5-2-4-7;2*1-3(2)4;/h2*6H,1-4H2;2*3H,1-2H3;/q2*-2;2*-1;+4. The predicted molar refractivity (Wildman–Crippen MR) is 80.4 cm³/mol. The van der Waals surface area contributed by atoms with Gasteiger partial charge in [0.15, 0.2) is 0 Å². The van der Waals surface area contributed by atoms with Crippen LogP contribution in [0.4, 0.5) is 0 Å². The maximum Gasteiger partial charge on any atom is 4.00 e. The predicted octanol–water partition coefficient (Wildman–Crippen LogP) is -3.07. The van der Waals surface area contributed by atoms with Gasteiger partial charge in [0.05, 0.1) is 0 Å². The fourth-order valence-electron chi connectivity index (χ4n) is 0.494. The van der Waals surface area contributed by atoms with Crippen molar-refractivity contribution < 1.29 is 52.4 Å². The minimum Gasteiger partial charge on any atom is -0.856 e. The van der Waals surface area contributed by atoms with Crippen LogP contribution in [-0.2, 0) is 21.7 Å². The number of hydrogen-bond donors (Lipinski definition) is 2. The minimum absolute atomic E-state index is 0. The Balaban J connectivity index is -0.0000000639. The molecular weight excluding hydrogens is 340 g/mol. The number of nitrogens with zero attached hydrogens (tertiary/aromatic N) is 2. The molecule has 0 spiro atoms. The van der Waals surface area contributed by atoms with Crippen molar-refractivity contribution in [1.29, 1.82) is 0 Å². The van der Waals surface area contributed by atoms with Gasteiger partial charge in [0, 0.05) is 13.2 Å². The first-order valence-corrected chi connectivity index (χ1v) is 7.26. The van der Waals surface area contributed by atoms with Gasteiger partial charge in [-0.1, -0.05) is 27.7 Å². The Bertz CT molecular complexity index is 128. The summed E-state index contributed by atoms with van der Waals surface area (Å²) in [5.41, 5.74) is 0. The largest absolute Gasteiger partial charge is 4.00 e. The molecular formula is C14H32N2O6Ti-2. The Labute approximate surface area is 155 Å². The van der Waals surface area contributed by atoms with Gasteiger partial charge in [-0.15, -0.1) is 25.3 Å². The number of rotatable bonds is 8. The molecule has 0 aliphatic carbocycles. The number of hydrogen-bond acceptors (Lipinski definition) is 6. The van der Waals surface area contributed by atoms with Crippen LogP contribution in [-0.4, -0.2) is 75.0 Å². The SMILES string of the molecule is CC(C)[O-].CC(C)[O-].[O-]CC[N-]CCO.[O-]CC[N-]CCO.[Ti+4]. The first-order valence-electron chi connectivity index (χ1n) is 7.26. The molecule has 0 bridgehead atoms. The van der Waals surface area contributed by atoms with Gasteiger partial charge < -0.3 is 41.3 Å². The van der Waals surface area contributed by atoms with Gasteiger partial charge in [0.25, 0.3) is 0 Å². The third-order valence-electron chi connectivity index (χ3n) is 1.02. The van der Waals surface area contributed by atoms with Crippen LogP contribution >= 0.6 is 0 Å². The van der Waals surface area contributed by atoms with E-state index in [-0.39, 0.29) is 48.1 Å². The quantitative estimate of drug-likeness (QED) is 0.339. The van der Waals surface area contributed by atoms with E-state index in [1.54, 1.807) is 27.7 Å². The second-order valence-electron chi connectivity index (χ2n) is 4.29. The van der Waals surface area contributed by atoms with E-state index in [0.29, 0.717) is 26.2 Å². The monoisotopic (exact) mass is 372 g/mol. The van der Waals surface area contributed by atoms with Crippen molar-refractivity contribution in [2.24, 2.45) is 0 Å². The van der Waals surface area contributed by atoms with Gasteiger partial charge in [0.2, 0.25) is 0 Å². The second kappa shape index (κ2) is 38.1. The molecule has 0 saturated carbocycles. The van der Waals surface area contributed by atoms with E-state index < -0.39 is 12.2 Å². The molecule has 0 aromatic rings. The van der Waals surface area contributed by atoms with E-state index in [2.05, 4.69) is 10.6 Å². The van der Waals surface area contributed by atoms with Crippen LogP contribution in [0.15, 0.2) is 0 Å². The molecule has 140 valence electrons. The summed E-state index contributed by atoms with van der Waals surface area (Å²) in [5.74, 6) is 0. The van der Waals surface area contributed by atoms with E-state index >= 15 is 0 Å². The van der Waals surface area contributed by atoms with Gasteiger partial charge in [0.1, 0.15) is 0 Å². The van der Waals surface area contributed by atoms with Crippen LogP contribution < -0.4 is 20.4 Å². The molecule has 0 amide bonds. The van der Waals surface area contributed by atoms with Gasteiger partial charge in [-0.05, 0) is 0 Å². The minimum atomic E-state index is -0.417. The van der Waals surface area contributed by atoms with E-state index in [0.717, 1.165) is 0 Å². The topological polar surface area (TPSA) is 161 Å². The van der Waals surface area contributed by atoms with E-state index in [4.69, 9.17) is 10.2 Å². The molecule has 0 radical (unpaired) electrons. The summed E-state index contributed by atoms with van der Waals surface area (Å²) in [6, 6.07) is 0. The zero-order chi connectivity index (χ0) is 18.2. The van der Waals surface area contributed by atoms with Crippen molar-refractivity contribution in [3.63, 3.8) is 0 Å². The van der Waals surface area contributed by atoms with E-state index in [9.17, 15) is 20.4 Å². The van der Waals surface area contributed by atoms with E-state index in [1.165, 1.54) is 0 Å². The van der Waals surface area contributed by atoms with Crippen LogP contribution in [0.25, 0.3) is 10.6 Å². The molecule has 23 heavy (non-hydrogen) atoms. The summed E-state index contributed by atoms with van der Waals surface area (Å²) in [6.45, 7) is 7.70. The Morgan fingerprint density at radius 1 is 0.696 bits per heavy atom. The molecule has 2 N–H and O–H groups in total. The Kier molecular flexibility index (Phi) is 57.5. The van der Waals surface area contributed by atoms with Crippen LogP contribution in [0.5, 0.6) is 0 Å².